The van der Waals surface area contributed by atoms with Gasteiger partial charge in [-0.1, -0.05) is 60.7 Å². The van der Waals surface area contributed by atoms with E-state index in [1.54, 1.807) is 66.9 Å². The van der Waals surface area contributed by atoms with E-state index in [2.05, 4.69) is 15.0 Å². The molecule has 2 aromatic heterocycles. The fourth-order valence-corrected chi connectivity index (χ4v) is 6.25. The lowest BCUT2D eigenvalue weighted by Gasteiger charge is -2.25. The lowest BCUT2D eigenvalue weighted by molar-refractivity contribution is 0.596. The minimum atomic E-state index is -4.10. The number of nitrogens with two attached hydrogens (primary N) is 1. The first-order chi connectivity index (χ1) is 19.8. The number of amidine groups is 1. The predicted molar refractivity (Wildman–Crippen MR) is 160 cm³/mol. The second kappa shape index (κ2) is 10.3. The van der Waals surface area contributed by atoms with Crippen LogP contribution in [0.25, 0.3) is 21.8 Å². The number of fused-ring (bicyclic) bond motifs is 2. The molecular weight excluding hydrogens is 536 g/mol. The Balaban J connectivity index is 1.47. The van der Waals surface area contributed by atoms with Gasteiger partial charge in [-0.2, -0.15) is 0 Å². The van der Waals surface area contributed by atoms with E-state index in [1.807, 2.05) is 24.3 Å². The number of rotatable bonds is 7. The zero-order valence-electron chi connectivity index (χ0n) is 21.7. The molecule has 0 bridgehead atoms. The van der Waals surface area contributed by atoms with E-state index in [0.29, 0.717) is 34.5 Å². The van der Waals surface area contributed by atoms with Crippen LogP contribution in [0, 0.1) is 5.41 Å². The number of nitrogens with zero attached hydrogens (tertiary/aromatic N) is 3. The highest BCUT2D eigenvalue weighted by atomic mass is 32.2. The number of H-pyrrole nitrogens is 1. The lowest BCUT2D eigenvalue weighted by atomic mass is 10.1. The topological polar surface area (TPSA) is 146 Å². The Kier molecular flexibility index (Phi) is 6.52. The van der Waals surface area contributed by atoms with E-state index in [4.69, 9.17) is 11.1 Å². The van der Waals surface area contributed by atoms with Crippen molar-refractivity contribution in [2.24, 2.45) is 5.73 Å². The van der Waals surface area contributed by atoms with Crippen LogP contribution in [0.4, 0.5) is 11.4 Å². The van der Waals surface area contributed by atoms with Gasteiger partial charge in [-0.05, 0) is 48.0 Å². The van der Waals surface area contributed by atoms with E-state index in [-0.39, 0.29) is 27.4 Å². The van der Waals surface area contributed by atoms with Crippen molar-refractivity contribution >= 4 is 49.0 Å². The fourth-order valence-electron chi connectivity index (χ4n) is 4.74. The third-order valence-electron chi connectivity index (χ3n) is 6.72. The maximum Gasteiger partial charge on any atom is 0.268 e. The summed E-state index contributed by atoms with van der Waals surface area (Å²) in [5.74, 6) is 0.435. The Hall–Kier alpha value is -5.35. The Morgan fingerprint density at radius 3 is 2.41 bits per heavy atom. The zero-order valence-corrected chi connectivity index (χ0v) is 22.5. The van der Waals surface area contributed by atoms with Crippen molar-refractivity contribution in [2.75, 3.05) is 4.31 Å². The minimum absolute atomic E-state index is 0.0211. The van der Waals surface area contributed by atoms with Crippen molar-refractivity contribution in [3.05, 3.63) is 137 Å². The van der Waals surface area contributed by atoms with Crippen LogP contribution < -0.4 is 15.6 Å². The maximum atomic E-state index is 14.1. The van der Waals surface area contributed by atoms with E-state index in [9.17, 15) is 13.2 Å². The standard InChI is InChI=1S/C31H24N6O3S/c32-30(33)22-13-11-20(12-14-22)18-28-35-26-16-15-23(19-25(26)31(38)36-28)37(41(39,40)24-8-2-1-3-9-24)27-10-4-6-21-7-5-17-34-29(21)27/h1-17,19H,18H2,(H3,32,33)(H,35,36,38). The van der Waals surface area contributed by atoms with Gasteiger partial charge in [-0.3, -0.25) is 15.2 Å². The maximum absolute atomic E-state index is 14.1. The third kappa shape index (κ3) is 4.92. The zero-order chi connectivity index (χ0) is 28.6. The number of hydrogen-bond acceptors (Lipinski definition) is 6. The number of pyridine rings is 1. The summed E-state index contributed by atoms with van der Waals surface area (Å²) in [6.45, 7) is 0. The quantitative estimate of drug-likeness (QED) is 0.188. The van der Waals surface area contributed by atoms with Crippen LogP contribution in [0.3, 0.4) is 0 Å². The number of anilines is 2. The van der Waals surface area contributed by atoms with Crippen LogP contribution in [0.2, 0.25) is 0 Å². The van der Waals surface area contributed by atoms with E-state index < -0.39 is 10.0 Å². The smallest absolute Gasteiger partial charge is 0.268 e. The summed E-state index contributed by atoms with van der Waals surface area (Å²) in [6.07, 6.45) is 1.98. The van der Waals surface area contributed by atoms with Crippen molar-refractivity contribution in [3.8, 4) is 0 Å². The van der Waals surface area contributed by atoms with Gasteiger partial charge < -0.3 is 10.7 Å². The molecule has 0 aliphatic carbocycles. The molecule has 0 fully saturated rings. The molecule has 4 N–H and O–H groups in total. The van der Waals surface area contributed by atoms with Gasteiger partial charge in [0, 0.05) is 23.6 Å². The summed E-state index contributed by atoms with van der Waals surface area (Å²) in [6, 6.07) is 29.1. The minimum Gasteiger partial charge on any atom is -0.384 e. The highest BCUT2D eigenvalue weighted by Gasteiger charge is 2.29. The SMILES string of the molecule is N=C(N)c1ccc(Cc2nc3ccc(N(c4cccc5cccnc45)S(=O)(=O)c4ccccc4)cc3c(=O)[nH]2)cc1. The van der Waals surface area contributed by atoms with E-state index in [0.717, 1.165) is 10.9 Å². The Morgan fingerprint density at radius 1 is 0.902 bits per heavy atom. The Bertz CT molecular complexity index is 2090. The number of aromatic nitrogens is 3. The van der Waals surface area contributed by atoms with Crippen LogP contribution in [0.5, 0.6) is 0 Å². The molecule has 6 rings (SSSR count). The molecule has 10 heteroatoms. The first kappa shape index (κ1) is 25.9. The number of sulfonamides is 1. The van der Waals surface area contributed by atoms with Gasteiger partial charge in [0.15, 0.2) is 0 Å². The average Bonchev–Trinajstić information content (AvgIpc) is 2.98. The highest BCUT2D eigenvalue weighted by Crippen LogP contribution is 2.37. The van der Waals surface area contributed by atoms with Crippen LogP contribution >= 0.6 is 0 Å². The van der Waals surface area contributed by atoms with Gasteiger partial charge in [0.25, 0.3) is 15.6 Å². The summed E-state index contributed by atoms with van der Waals surface area (Å²) in [5, 5.41) is 8.58. The molecule has 0 radical (unpaired) electrons. The van der Waals surface area contributed by atoms with Crippen LogP contribution in [0.1, 0.15) is 17.0 Å². The highest BCUT2D eigenvalue weighted by molar-refractivity contribution is 7.93. The first-order valence-electron chi connectivity index (χ1n) is 12.7. The van der Waals surface area contributed by atoms with Gasteiger partial charge in [0.05, 0.1) is 32.7 Å². The lowest BCUT2D eigenvalue weighted by Crippen LogP contribution is -2.27. The number of aromatic amines is 1. The molecule has 9 nitrogen and oxygen atoms in total. The number of nitrogens with one attached hydrogen (secondary N) is 2. The molecule has 2 heterocycles. The molecule has 0 aliphatic rings. The first-order valence-corrected chi connectivity index (χ1v) is 14.2. The van der Waals surface area contributed by atoms with Crippen LogP contribution in [-0.4, -0.2) is 29.2 Å². The summed E-state index contributed by atoms with van der Waals surface area (Å²) < 4.78 is 29.4. The van der Waals surface area contributed by atoms with Crippen LogP contribution in [0.15, 0.2) is 119 Å². The monoisotopic (exact) mass is 560 g/mol. The molecule has 41 heavy (non-hydrogen) atoms. The molecule has 202 valence electrons. The van der Waals surface area contributed by atoms with E-state index in [1.165, 1.54) is 22.5 Å². The van der Waals surface area contributed by atoms with Crippen molar-refractivity contribution < 1.29 is 8.42 Å². The molecule has 6 aromatic rings. The summed E-state index contributed by atoms with van der Waals surface area (Å²) >= 11 is 0. The molecular formula is C31H24N6O3S. The number of hydrogen-bond donors (Lipinski definition) is 3. The predicted octanol–water partition coefficient (Wildman–Crippen LogP) is 4.87. The number of nitrogen functional groups attached to an aromatic ring is 1. The molecule has 0 aliphatic heterocycles. The van der Waals surface area contributed by atoms with Crippen molar-refractivity contribution in [3.63, 3.8) is 0 Å². The van der Waals surface area contributed by atoms with Crippen molar-refractivity contribution in [1.29, 1.82) is 5.41 Å². The second-order valence-corrected chi connectivity index (χ2v) is 11.2. The average molecular weight is 561 g/mol. The van der Waals surface area contributed by atoms with Gasteiger partial charge in [-0.25, -0.2) is 17.7 Å². The third-order valence-corrected chi connectivity index (χ3v) is 8.48. The number of benzene rings is 4. The second-order valence-electron chi connectivity index (χ2n) is 9.44. The van der Waals surface area contributed by atoms with Gasteiger partial charge in [0.2, 0.25) is 0 Å². The van der Waals surface area contributed by atoms with E-state index >= 15 is 0 Å². The van der Waals surface area contributed by atoms with Crippen molar-refractivity contribution in [2.45, 2.75) is 11.3 Å². The molecule has 0 amide bonds. The van der Waals surface area contributed by atoms with Gasteiger partial charge >= 0.3 is 0 Å². The van der Waals surface area contributed by atoms with Crippen LogP contribution in [-0.2, 0) is 16.4 Å². The molecule has 0 saturated carbocycles. The van der Waals surface area contributed by atoms with Gasteiger partial charge in [0.1, 0.15) is 11.7 Å². The molecule has 0 saturated heterocycles. The molecule has 0 unspecified atom stereocenters. The Morgan fingerprint density at radius 2 is 1.66 bits per heavy atom. The summed E-state index contributed by atoms with van der Waals surface area (Å²) in [7, 11) is -4.10. The van der Waals surface area contributed by atoms with Crippen molar-refractivity contribution in [1.82, 2.24) is 15.0 Å². The Labute approximate surface area is 235 Å². The molecule has 4 aromatic carbocycles. The summed E-state index contributed by atoms with van der Waals surface area (Å²) in [4.78, 5) is 25.3. The summed E-state index contributed by atoms with van der Waals surface area (Å²) in [5.41, 5.74) is 8.22. The van der Waals surface area contributed by atoms with Gasteiger partial charge in [-0.15, -0.1) is 0 Å². The molecule has 0 atom stereocenters. The largest absolute Gasteiger partial charge is 0.384 e. The fraction of sp³-hybridized carbons (Fsp3) is 0.0323. The molecule has 0 spiro atoms. The normalized spacial score (nSPS) is 11.5. The number of para-hydroxylation sites is 1.